The van der Waals surface area contributed by atoms with Gasteiger partial charge in [-0.15, -0.1) is 11.3 Å². The maximum Gasteiger partial charge on any atom is 0.0479 e. The lowest BCUT2D eigenvalue weighted by Gasteiger charge is -2.23. The Morgan fingerprint density at radius 2 is 2.05 bits per heavy atom. The molecule has 0 aromatic carbocycles. The molecule has 0 fully saturated rings. The minimum Gasteiger partial charge on any atom is -0.312 e. The SMILES string of the molecule is CNC(c1cc2c(s1)CCC2)C(C)c1ccncc1. The molecule has 0 amide bonds. The Bertz CT molecular complexity index is 526. The van der Waals surface area contributed by atoms with Crippen LogP contribution in [0.3, 0.4) is 0 Å². The first-order valence-electron chi connectivity index (χ1n) is 6.98. The smallest absolute Gasteiger partial charge is 0.0479 e. The van der Waals surface area contributed by atoms with Crippen molar-refractivity contribution in [2.45, 2.75) is 38.1 Å². The van der Waals surface area contributed by atoms with Crippen LogP contribution >= 0.6 is 11.3 Å². The Hall–Kier alpha value is -1.19. The van der Waals surface area contributed by atoms with Crippen LogP contribution in [0.4, 0.5) is 0 Å². The number of fused-ring (bicyclic) bond motifs is 1. The van der Waals surface area contributed by atoms with E-state index in [0.29, 0.717) is 12.0 Å². The number of hydrogen-bond donors (Lipinski definition) is 1. The maximum atomic E-state index is 4.11. The first-order valence-corrected chi connectivity index (χ1v) is 7.80. The van der Waals surface area contributed by atoms with E-state index in [0.717, 1.165) is 0 Å². The molecule has 2 atom stereocenters. The van der Waals surface area contributed by atoms with E-state index in [4.69, 9.17) is 0 Å². The van der Waals surface area contributed by atoms with Crippen molar-refractivity contribution in [3.8, 4) is 0 Å². The second-order valence-electron chi connectivity index (χ2n) is 5.29. The molecule has 19 heavy (non-hydrogen) atoms. The number of nitrogens with zero attached hydrogens (tertiary/aromatic N) is 1. The van der Waals surface area contributed by atoms with Crippen LogP contribution in [0.15, 0.2) is 30.6 Å². The maximum absolute atomic E-state index is 4.11. The van der Waals surface area contributed by atoms with Crippen molar-refractivity contribution >= 4 is 11.3 Å². The molecule has 2 unspecified atom stereocenters. The summed E-state index contributed by atoms with van der Waals surface area (Å²) in [6, 6.07) is 7.07. The van der Waals surface area contributed by atoms with Gasteiger partial charge in [0, 0.05) is 34.1 Å². The van der Waals surface area contributed by atoms with E-state index in [2.05, 4.69) is 42.5 Å². The highest BCUT2D eigenvalue weighted by Gasteiger charge is 2.24. The Morgan fingerprint density at radius 3 is 2.74 bits per heavy atom. The quantitative estimate of drug-likeness (QED) is 0.918. The minimum atomic E-state index is 0.401. The van der Waals surface area contributed by atoms with Crippen LogP contribution in [0.1, 0.15) is 46.2 Å². The van der Waals surface area contributed by atoms with Crippen LogP contribution in [-0.2, 0) is 12.8 Å². The first-order chi connectivity index (χ1) is 9.29. The second-order valence-corrected chi connectivity index (χ2v) is 6.45. The van der Waals surface area contributed by atoms with Crippen molar-refractivity contribution in [2.75, 3.05) is 7.05 Å². The van der Waals surface area contributed by atoms with E-state index < -0.39 is 0 Å². The number of pyridine rings is 1. The molecule has 3 rings (SSSR count). The summed E-state index contributed by atoms with van der Waals surface area (Å²) in [5.41, 5.74) is 2.94. The van der Waals surface area contributed by atoms with Gasteiger partial charge in [0.15, 0.2) is 0 Å². The molecular weight excluding hydrogens is 252 g/mol. The van der Waals surface area contributed by atoms with Crippen LogP contribution in [0, 0.1) is 0 Å². The molecule has 0 saturated carbocycles. The summed E-state index contributed by atoms with van der Waals surface area (Å²) in [6.07, 6.45) is 7.65. The summed E-state index contributed by atoms with van der Waals surface area (Å²) in [7, 11) is 2.06. The fraction of sp³-hybridized carbons (Fsp3) is 0.438. The highest BCUT2D eigenvalue weighted by Crippen LogP contribution is 2.38. The molecule has 2 aromatic rings. The van der Waals surface area contributed by atoms with E-state index in [1.54, 1.807) is 10.4 Å². The van der Waals surface area contributed by atoms with Crippen LogP contribution in [-0.4, -0.2) is 12.0 Å². The fourth-order valence-electron chi connectivity index (χ4n) is 3.00. The lowest BCUT2D eigenvalue weighted by atomic mass is 9.93. The topological polar surface area (TPSA) is 24.9 Å². The zero-order chi connectivity index (χ0) is 13.2. The molecule has 0 saturated heterocycles. The van der Waals surface area contributed by atoms with Crippen molar-refractivity contribution in [3.63, 3.8) is 0 Å². The summed E-state index contributed by atoms with van der Waals surface area (Å²) in [6.45, 7) is 2.29. The average molecular weight is 272 g/mol. The molecule has 0 aliphatic heterocycles. The van der Waals surface area contributed by atoms with Gasteiger partial charge in [0.05, 0.1) is 0 Å². The largest absolute Gasteiger partial charge is 0.312 e. The number of aryl methyl sites for hydroxylation is 2. The molecular formula is C16H20N2S. The van der Waals surface area contributed by atoms with Crippen molar-refractivity contribution in [3.05, 3.63) is 51.5 Å². The van der Waals surface area contributed by atoms with Gasteiger partial charge < -0.3 is 5.32 Å². The Labute approximate surface area is 118 Å². The first kappa shape index (κ1) is 12.8. The Kier molecular flexibility index (Phi) is 3.67. The summed E-state index contributed by atoms with van der Waals surface area (Å²) in [5, 5.41) is 3.50. The normalized spacial score (nSPS) is 17.2. The van der Waals surface area contributed by atoms with Gasteiger partial charge in [-0.25, -0.2) is 0 Å². The zero-order valence-electron chi connectivity index (χ0n) is 11.5. The highest BCUT2D eigenvalue weighted by molar-refractivity contribution is 7.12. The summed E-state index contributed by atoms with van der Waals surface area (Å²) in [5.74, 6) is 0.465. The van der Waals surface area contributed by atoms with Gasteiger partial charge in [-0.3, -0.25) is 4.98 Å². The van der Waals surface area contributed by atoms with Gasteiger partial charge in [0.1, 0.15) is 0 Å². The molecule has 2 aromatic heterocycles. The van der Waals surface area contributed by atoms with Gasteiger partial charge in [0.25, 0.3) is 0 Å². The molecule has 2 nitrogen and oxygen atoms in total. The standard InChI is InChI=1S/C16H20N2S/c1-11(12-6-8-18-9-7-12)16(17-2)15-10-13-4-3-5-14(13)19-15/h6-11,16-17H,3-5H2,1-2H3. The molecule has 0 radical (unpaired) electrons. The van der Waals surface area contributed by atoms with Gasteiger partial charge >= 0.3 is 0 Å². The van der Waals surface area contributed by atoms with Gasteiger partial charge in [-0.1, -0.05) is 6.92 Å². The number of aromatic nitrogens is 1. The Balaban J connectivity index is 1.87. The van der Waals surface area contributed by atoms with Crippen molar-refractivity contribution in [1.82, 2.24) is 10.3 Å². The molecule has 0 bridgehead atoms. The van der Waals surface area contributed by atoms with Crippen molar-refractivity contribution < 1.29 is 0 Å². The van der Waals surface area contributed by atoms with Crippen LogP contribution < -0.4 is 5.32 Å². The molecule has 100 valence electrons. The average Bonchev–Trinajstić information content (AvgIpc) is 3.02. The third-order valence-electron chi connectivity index (χ3n) is 4.12. The third-order valence-corrected chi connectivity index (χ3v) is 5.44. The summed E-state index contributed by atoms with van der Waals surface area (Å²) < 4.78 is 0. The molecule has 0 spiro atoms. The lowest BCUT2D eigenvalue weighted by molar-refractivity contribution is 0.515. The number of nitrogens with one attached hydrogen (secondary N) is 1. The predicted octanol–water partition coefficient (Wildman–Crippen LogP) is 3.70. The van der Waals surface area contributed by atoms with E-state index in [-0.39, 0.29) is 0 Å². The van der Waals surface area contributed by atoms with E-state index in [9.17, 15) is 0 Å². The monoisotopic (exact) mass is 272 g/mol. The van der Waals surface area contributed by atoms with E-state index in [1.807, 2.05) is 23.7 Å². The van der Waals surface area contributed by atoms with Gasteiger partial charge in [-0.05, 0) is 55.6 Å². The van der Waals surface area contributed by atoms with Crippen molar-refractivity contribution in [1.29, 1.82) is 0 Å². The third kappa shape index (κ3) is 2.45. The zero-order valence-corrected chi connectivity index (χ0v) is 12.3. The second kappa shape index (κ2) is 5.43. The highest BCUT2D eigenvalue weighted by atomic mass is 32.1. The van der Waals surface area contributed by atoms with Gasteiger partial charge in [0.2, 0.25) is 0 Å². The molecule has 3 heteroatoms. The van der Waals surface area contributed by atoms with E-state index >= 15 is 0 Å². The molecule has 1 N–H and O–H groups in total. The van der Waals surface area contributed by atoms with Crippen LogP contribution in [0.2, 0.25) is 0 Å². The number of hydrogen-bond acceptors (Lipinski definition) is 3. The van der Waals surface area contributed by atoms with Crippen LogP contribution in [0.5, 0.6) is 0 Å². The number of likely N-dealkylation sites (N-methyl/N-ethyl adjacent to an activating group) is 1. The Morgan fingerprint density at radius 1 is 1.26 bits per heavy atom. The van der Waals surface area contributed by atoms with Gasteiger partial charge in [-0.2, -0.15) is 0 Å². The lowest BCUT2D eigenvalue weighted by Crippen LogP contribution is -2.21. The predicted molar refractivity (Wildman–Crippen MR) is 80.8 cm³/mol. The molecule has 1 aliphatic rings. The number of rotatable bonds is 4. The van der Waals surface area contributed by atoms with E-state index in [1.165, 1.54) is 29.7 Å². The minimum absolute atomic E-state index is 0.401. The number of thiophene rings is 1. The molecule has 1 aliphatic carbocycles. The summed E-state index contributed by atoms with van der Waals surface area (Å²) >= 11 is 2.00. The van der Waals surface area contributed by atoms with Crippen molar-refractivity contribution in [2.24, 2.45) is 0 Å². The summed E-state index contributed by atoms with van der Waals surface area (Å²) in [4.78, 5) is 7.20. The molecule has 2 heterocycles. The fourth-order valence-corrected chi connectivity index (χ4v) is 4.48. The van der Waals surface area contributed by atoms with Crippen LogP contribution in [0.25, 0.3) is 0 Å².